The van der Waals surface area contributed by atoms with Gasteiger partial charge in [0, 0.05) is 23.4 Å². The van der Waals surface area contributed by atoms with Crippen LogP contribution in [0.25, 0.3) is 0 Å². The first-order chi connectivity index (χ1) is 15.0. The van der Waals surface area contributed by atoms with Crippen molar-refractivity contribution in [2.75, 3.05) is 0 Å². The lowest BCUT2D eigenvalue weighted by Gasteiger charge is -2.22. The molecule has 4 rings (SSSR count). The second-order valence-electron chi connectivity index (χ2n) is 8.92. The van der Waals surface area contributed by atoms with E-state index in [0.717, 1.165) is 22.3 Å². The third-order valence-electron chi connectivity index (χ3n) is 6.54. The van der Waals surface area contributed by atoms with Crippen molar-refractivity contribution in [2.45, 2.75) is 64.2 Å². The molecule has 0 N–H and O–H groups in total. The Balaban J connectivity index is 1.63. The van der Waals surface area contributed by atoms with Crippen molar-refractivity contribution in [3.05, 3.63) is 100 Å². The fraction of sp³-hybridized carbons (Fsp3) is 0.357. The van der Waals surface area contributed by atoms with Gasteiger partial charge in [-0.3, -0.25) is 9.78 Å². The highest BCUT2D eigenvalue weighted by Crippen LogP contribution is 2.32. The maximum atomic E-state index is 13.7. The summed E-state index contributed by atoms with van der Waals surface area (Å²) < 4.78 is 13.7. The van der Waals surface area contributed by atoms with Gasteiger partial charge < -0.3 is 0 Å². The molecule has 1 aliphatic carbocycles. The summed E-state index contributed by atoms with van der Waals surface area (Å²) >= 11 is 0. The lowest BCUT2D eigenvalue weighted by Crippen LogP contribution is -2.17. The maximum absolute atomic E-state index is 13.7. The van der Waals surface area contributed by atoms with Gasteiger partial charge in [0.25, 0.3) is 0 Å². The topological polar surface area (TPSA) is 30.0 Å². The van der Waals surface area contributed by atoms with Crippen LogP contribution in [0, 0.1) is 19.7 Å². The SMILES string of the molecule is Cc1cccc(C(=O)C(Cc2ccc(C3CCCCC3)nc2)c2ccc(F)cc2C)c1. The van der Waals surface area contributed by atoms with Gasteiger partial charge in [0.1, 0.15) is 5.82 Å². The molecule has 0 radical (unpaired) electrons. The second-order valence-corrected chi connectivity index (χ2v) is 8.92. The Hall–Kier alpha value is -2.81. The van der Waals surface area contributed by atoms with E-state index in [1.54, 1.807) is 6.07 Å². The van der Waals surface area contributed by atoms with Crippen LogP contribution in [-0.4, -0.2) is 10.8 Å². The van der Waals surface area contributed by atoms with Crippen LogP contribution in [0.1, 0.15) is 82.2 Å². The summed E-state index contributed by atoms with van der Waals surface area (Å²) in [5.41, 5.74) is 5.64. The molecule has 31 heavy (non-hydrogen) atoms. The van der Waals surface area contributed by atoms with Crippen LogP contribution in [-0.2, 0) is 6.42 Å². The molecule has 1 atom stereocenters. The lowest BCUT2D eigenvalue weighted by atomic mass is 9.83. The van der Waals surface area contributed by atoms with Crippen molar-refractivity contribution in [3.63, 3.8) is 0 Å². The van der Waals surface area contributed by atoms with E-state index in [4.69, 9.17) is 4.98 Å². The van der Waals surface area contributed by atoms with Crippen molar-refractivity contribution in [1.82, 2.24) is 4.98 Å². The van der Waals surface area contributed by atoms with Gasteiger partial charge in [0.2, 0.25) is 0 Å². The van der Waals surface area contributed by atoms with Crippen molar-refractivity contribution in [1.29, 1.82) is 0 Å². The minimum absolute atomic E-state index is 0.0646. The molecule has 3 heteroatoms. The fourth-order valence-electron chi connectivity index (χ4n) is 4.81. The predicted octanol–water partition coefficient (Wildman–Crippen LogP) is 7.09. The summed E-state index contributed by atoms with van der Waals surface area (Å²) in [6.07, 6.45) is 8.81. The lowest BCUT2D eigenvalue weighted by molar-refractivity contribution is 0.0958. The summed E-state index contributed by atoms with van der Waals surface area (Å²) in [6.45, 7) is 3.86. The van der Waals surface area contributed by atoms with Crippen molar-refractivity contribution < 1.29 is 9.18 Å². The highest BCUT2D eigenvalue weighted by molar-refractivity contribution is 6.01. The van der Waals surface area contributed by atoms with Crippen molar-refractivity contribution in [3.8, 4) is 0 Å². The molecular formula is C28H30FNO. The molecule has 3 aromatic rings. The average molecular weight is 416 g/mol. The smallest absolute Gasteiger partial charge is 0.170 e. The summed E-state index contributed by atoms with van der Waals surface area (Å²) in [4.78, 5) is 18.3. The zero-order valence-corrected chi connectivity index (χ0v) is 18.4. The highest BCUT2D eigenvalue weighted by Gasteiger charge is 2.25. The monoisotopic (exact) mass is 415 g/mol. The minimum Gasteiger partial charge on any atom is -0.293 e. The zero-order chi connectivity index (χ0) is 21.8. The van der Waals surface area contributed by atoms with E-state index in [2.05, 4.69) is 12.1 Å². The number of carbonyl (C=O) groups is 1. The molecule has 1 saturated carbocycles. The largest absolute Gasteiger partial charge is 0.293 e. The molecule has 0 saturated heterocycles. The molecule has 0 amide bonds. The van der Waals surface area contributed by atoms with Gasteiger partial charge in [-0.2, -0.15) is 0 Å². The van der Waals surface area contributed by atoms with Crippen LogP contribution in [0.3, 0.4) is 0 Å². The number of rotatable bonds is 6. The maximum Gasteiger partial charge on any atom is 0.170 e. The molecule has 160 valence electrons. The molecule has 1 unspecified atom stereocenters. The predicted molar refractivity (Wildman–Crippen MR) is 123 cm³/mol. The molecule has 1 fully saturated rings. The van der Waals surface area contributed by atoms with E-state index in [9.17, 15) is 9.18 Å². The van der Waals surface area contributed by atoms with E-state index in [1.165, 1.54) is 49.9 Å². The molecule has 1 aromatic heterocycles. The van der Waals surface area contributed by atoms with Crippen LogP contribution in [0.2, 0.25) is 0 Å². The van der Waals surface area contributed by atoms with Crippen LogP contribution in [0.5, 0.6) is 0 Å². The molecular weight excluding hydrogens is 385 g/mol. The third kappa shape index (κ3) is 5.10. The summed E-state index contributed by atoms with van der Waals surface area (Å²) in [5.74, 6) is -0.0205. The fourth-order valence-corrected chi connectivity index (χ4v) is 4.81. The quantitative estimate of drug-likeness (QED) is 0.402. The number of ketones is 1. The van der Waals surface area contributed by atoms with Crippen LogP contribution in [0.15, 0.2) is 60.8 Å². The normalized spacial score (nSPS) is 15.6. The Morgan fingerprint density at radius 3 is 2.52 bits per heavy atom. The molecule has 2 aromatic carbocycles. The molecule has 1 heterocycles. The number of aromatic nitrogens is 1. The van der Waals surface area contributed by atoms with E-state index in [1.807, 2.05) is 44.3 Å². The van der Waals surface area contributed by atoms with Crippen LogP contribution >= 0.6 is 0 Å². The number of pyridine rings is 1. The Morgan fingerprint density at radius 1 is 1.03 bits per heavy atom. The second kappa shape index (κ2) is 9.55. The van der Waals surface area contributed by atoms with Crippen molar-refractivity contribution >= 4 is 5.78 Å². The number of hydrogen-bond acceptors (Lipinski definition) is 2. The van der Waals surface area contributed by atoms with E-state index in [0.29, 0.717) is 17.9 Å². The Kier molecular flexibility index (Phi) is 6.60. The first-order valence-electron chi connectivity index (χ1n) is 11.3. The third-order valence-corrected chi connectivity index (χ3v) is 6.54. The number of Topliss-reactive ketones (excluding diaryl/α,β-unsaturated/α-hetero) is 1. The van der Waals surface area contributed by atoms with Gasteiger partial charge in [-0.15, -0.1) is 0 Å². The van der Waals surface area contributed by atoms with Crippen LogP contribution < -0.4 is 0 Å². The summed E-state index contributed by atoms with van der Waals surface area (Å²) in [7, 11) is 0. The van der Waals surface area contributed by atoms with E-state index in [-0.39, 0.29) is 17.5 Å². The first-order valence-corrected chi connectivity index (χ1v) is 11.3. The number of halogens is 1. The van der Waals surface area contributed by atoms with Gasteiger partial charge >= 0.3 is 0 Å². The molecule has 1 aliphatic rings. The van der Waals surface area contributed by atoms with Gasteiger partial charge in [-0.1, -0.05) is 55.2 Å². The summed E-state index contributed by atoms with van der Waals surface area (Å²) in [6, 6.07) is 16.7. The Morgan fingerprint density at radius 2 is 1.84 bits per heavy atom. The Bertz CT molecular complexity index is 1050. The number of carbonyl (C=O) groups excluding carboxylic acids is 1. The average Bonchev–Trinajstić information content (AvgIpc) is 2.78. The molecule has 2 nitrogen and oxygen atoms in total. The van der Waals surface area contributed by atoms with E-state index < -0.39 is 0 Å². The molecule has 0 bridgehead atoms. The zero-order valence-electron chi connectivity index (χ0n) is 18.4. The van der Waals surface area contributed by atoms with Gasteiger partial charge in [0.05, 0.1) is 5.92 Å². The van der Waals surface area contributed by atoms with Gasteiger partial charge in [0.15, 0.2) is 5.78 Å². The number of hydrogen-bond donors (Lipinski definition) is 0. The first kappa shape index (κ1) is 21.4. The standard InChI is InChI=1S/C28H30FNO/c1-19-7-6-10-23(15-19)28(31)26(25-13-12-24(29)16-20(25)2)17-21-11-14-27(30-18-21)22-8-4-3-5-9-22/h6-7,10-16,18,22,26H,3-5,8-9,17H2,1-2H3. The molecule has 0 aliphatic heterocycles. The van der Waals surface area contributed by atoms with Crippen LogP contribution in [0.4, 0.5) is 4.39 Å². The van der Waals surface area contributed by atoms with Crippen molar-refractivity contribution in [2.24, 2.45) is 0 Å². The van der Waals surface area contributed by atoms with Gasteiger partial charge in [-0.05, 0) is 74.1 Å². The summed E-state index contributed by atoms with van der Waals surface area (Å²) in [5, 5.41) is 0. The highest BCUT2D eigenvalue weighted by atomic mass is 19.1. The number of nitrogens with zero attached hydrogens (tertiary/aromatic N) is 1. The molecule has 0 spiro atoms. The Labute approximate surface area is 184 Å². The minimum atomic E-state index is -0.371. The van der Waals surface area contributed by atoms with Gasteiger partial charge in [-0.25, -0.2) is 4.39 Å². The van der Waals surface area contributed by atoms with E-state index >= 15 is 0 Å². The number of aryl methyl sites for hydroxylation is 2. The number of benzene rings is 2.